The lowest BCUT2D eigenvalue weighted by Crippen LogP contribution is -2.63. The number of aliphatic hydroxyl groups excluding tert-OH is 1. The lowest BCUT2D eigenvalue weighted by atomic mass is 9.59. The Morgan fingerprint density at radius 1 is 1.18 bits per heavy atom. The van der Waals surface area contributed by atoms with Gasteiger partial charge in [-0.1, -0.05) is 37.1 Å². The fourth-order valence-corrected chi connectivity index (χ4v) is 4.46. The molecule has 0 unspecified atom stereocenters. The van der Waals surface area contributed by atoms with Crippen LogP contribution in [0.5, 0.6) is 0 Å². The number of fused-ring (bicyclic) bond motifs is 1. The third-order valence-electron chi connectivity index (χ3n) is 7.11. The molecule has 6 nitrogen and oxygen atoms in total. The average Bonchev–Trinajstić information content (AvgIpc) is 2.72. The van der Waals surface area contributed by atoms with Crippen molar-refractivity contribution in [1.29, 1.82) is 0 Å². The van der Waals surface area contributed by atoms with Crippen molar-refractivity contribution in [3.63, 3.8) is 0 Å². The molecule has 2 rings (SSSR count). The summed E-state index contributed by atoms with van der Waals surface area (Å²) in [5, 5.41) is 21.9. The predicted molar refractivity (Wildman–Crippen MR) is 127 cm³/mol. The van der Waals surface area contributed by atoms with Crippen LogP contribution in [0.1, 0.15) is 87.5 Å². The van der Waals surface area contributed by atoms with E-state index in [2.05, 4.69) is 6.08 Å². The topological polar surface area (TPSA) is 101 Å². The van der Waals surface area contributed by atoms with Gasteiger partial charge in [-0.25, -0.2) is 0 Å². The summed E-state index contributed by atoms with van der Waals surface area (Å²) in [6.07, 6.45) is 5.26. The van der Waals surface area contributed by atoms with E-state index >= 15 is 0 Å². The summed E-state index contributed by atoms with van der Waals surface area (Å²) in [4.78, 5) is 40.2. The van der Waals surface area contributed by atoms with E-state index < -0.39 is 46.0 Å². The second-order valence-electron chi connectivity index (χ2n) is 10.7. The molecule has 184 valence electrons. The maximum Gasteiger partial charge on any atom is 0.208 e. The molecule has 0 bridgehead atoms. The Morgan fingerprint density at radius 2 is 1.79 bits per heavy atom. The van der Waals surface area contributed by atoms with Crippen LogP contribution in [0.25, 0.3) is 0 Å². The van der Waals surface area contributed by atoms with Gasteiger partial charge in [-0.2, -0.15) is 0 Å². The molecule has 1 aliphatic carbocycles. The Kier molecular flexibility index (Phi) is 7.97. The van der Waals surface area contributed by atoms with Crippen LogP contribution in [0, 0.1) is 11.3 Å². The Labute approximate surface area is 197 Å². The third-order valence-corrected chi connectivity index (χ3v) is 7.11. The number of ether oxygens (including phenoxy) is 1. The van der Waals surface area contributed by atoms with E-state index in [0.29, 0.717) is 6.42 Å². The Bertz CT molecular complexity index is 913. The van der Waals surface area contributed by atoms with Crippen LogP contribution in [-0.2, 0) is 19.1 Å². The molecule has 0 saturated carbocycles. The highest BCUT2D eigenvalue weighted by Gasteiger charge is 2.64. The summed E-state index contributed by atoms with van der Waals surface area (Å²) >= 11 is 0. The van der Waals surface area contributed by atoms with E-state index in [-0.39, 0.29) is 24.2 Å². The van der Waals surface area contributed by atoms with Crippen LogP contribution in [0.3, 0.4) is 0 Å². The van der Waals surface area contributed by atoms with Gasteiger partial charge < -0.3 is 14.9 Å². The third kappa shape index (κ3) is 5.07. The van der Waals surface area contributed by atoms with E-state index in [0.717, 1.165) is 25.3 Å². The highest BCUT2D eigenvalue weighted by Crippen LogP contribution is 2.53. The summed E-state index contributed by atoms with van der Waals surface area (Å²) in [6.45, 7) is 14.1. The zero-order valence-electron chi connectivity index (χ0n) is 21.4. The van der Waals surface area contributed by atoms with Gasteiger partial charge in [0.2, 0.25) is 5.78 Å². The lowest BCUT2D eigenvalue weighted by Gasteiger charge is -2.51. The van der Waals surface area contributed by atoms with Crippen LogP contribution >= 0.6 is 0 Å². The molecule has 33 heavy (non-hydrogen) atoms. The first-order valence-corrected chi connectivity index (χ1v) is 11.9. The number of ketones is 3. The first-order chi connectivity index (χ1) is 15.1. The Hall–Kier alpha value is -2.05. The fourth-order valence-electron chi connectivity index (χ4n) is 4.46. The van der Waals surface area contributed by atoms with Gasteiger partial charge in [0.15, 0.2) is 17.2 Å². The van der Waals surface area contributed by atoms with Gasteiger partial charge in [0.05, 0.1) is 11.5 Å². The van der Waals surface area contributed by atoms with Crippen LogP contribution in [0.4, 0.5) is 0 Å². The molecule has 1 heterocycles. The zero-order chi connectivity index (χ0) is 25.4. The number of aliphatic hydroxyl groups is 2. The van der Waals surface area contributed by atoms with Crippen molar-refractivity contribution >= 4 is 17.3 Å². The van der Waals surface area contributed by atoms with E-state index in [4.69, 9.17) is 4.74 Å². The molecule has 0 amide bonds. The first-order valence-electron chi connectivity index (χ1n) is 11.9. The van der Waals surface area contributed by atoms with E-state index in [1.807, 2.05) is 33.8 Å². The molecule has 6 heteroatoms. The van der Waals surface area contributed by atoms with Crippen LogP contribution < -0.4 is 0 Å². The number of rotatable bonds is 8. The molecule has 0 spiro atoms. The van der Waals surface area contributed by atoms with Crippen LogP contribution in [0.15, 0.2) is 34.6 Å². The molecule has 1 saturated heterocycles. The van der Waals surface area contributed by atoms with E-state index in [1.54, 1.807) is 20.8 Å². The number of allylic oxidation sites excluding steroid dienone is 5. The highest BCUT2D eigenvalue weighted by atomic mass is 16.5. The molecular formula is C27H40O6. The minimum Gasteiger partial charge on any atom is -0.488 e. The number of Topliss-reactive ketones (excluding diaryl/α,β-unsaturated/α-hetero) is 3. The van der Waals surface area contributed by atoms with Gasteiger partial charge in [-0.3, -0.25) is 14.4 Å². The summed E-state index contributed by atoms with van der Waals surface area (Å²) in [5.41, 5.74) is -2.91. The molecule has 2 aliphatic rings. The van der Waals surface area contributed by atoms with Gasteiger partial charge in [0, 0.05) is 5.92 Å². The number of hydrogen-bond donors (Lipinski definition) is 2. The smallest absolute Gasteiger partial charge is 0.208 e. The molecular weight excluding hydrogens is 420 g/mol. The SMILES string of the molecule is CC[C@@H](C)C(=O)C1=C2OC(C)(C)[C@@H](O)C[C@]2(CC=C(C)CCC=C(C)C)C(=O)[C@](C)(O)C1=O. The molecule has 2 N–H and O–H groups in total. The molecule has 0 radical (unpaired) electrons. The fraction of sp³-hybridized carbons (Fsp3) is 0.667. The molecule has 0 aromatic rings. The van der Waals surface area contributed by atoms with Crippen molar-refractivity contribution < 1.29 is 29.3 Å². The van der Waals surface area contributed by atoms with Crippen LogP contribution in [0.2, 0.25) is 0 Å². The Morgan fingerprint density at radius 3 is 2.33 bits per heavy atom. The van der Waals surface area contributed by atoms with Gasteiger partial charge >= 0.3 is 0 Å². The molecule has 0 aromatic carbocycles. The quantitative estimate of drug-likeness (QED) is 0.317. The standard InChI is InChI=1S/C27H40O6/c1-9-18(5)21(29)20-22(30)26(8,32)24(31)27(14-13-17(4)12-10-11-16(2)3)15-19(28)25(6,7)33-23(20)27/h11,13,18-19,28,32H,9-10,12,14-15H2,1-8H3/t18-,19+,26-,27+/m1/s1. The number of hydrogen-bond acceptors (Lipinski definition) is 6. The van der Waals surface area contributed by atoms with Crippen LogP contribution in [-0.4, -0.2) is 44.9 Å². The molecule has 4 atom stereocenters. The molecule has 1 aliphatic heterocycles. The van der Waals surface area contributed by atoms with Gasteiger partial charge in [0.25, 0.3) is 0 Å². The maximum absolute atomic E-state index is 13.6. The first kappa shape index (κ1) is 27.2. The second kappa shape index (κ2) is 9.67. The highest BCUT2D eigenvalue weighted by molar-refractivity contribution is 6.33. The largest absolute Gasteiger partial charge is 0.488 e. The van der Waals surface area contributed by atoms with Gasteiger partial charge in [0.1, 0.15) is 16.9 Å². The summed E-state index contributed by atoms with van der Waals surface area (Å²) in [5.74, 6) is -2.54. The van der Waals surface area contributed by atoms with E-state index in [1.165, 1.54) is 5.57 Å². The summed E-state index contributed by atoms with van der Waals surface area (Å²) < 4.78 is 6.12. The monoisotopic (exact) mass is 460 g/mol. The van der Waals surface area contributed by atoms with Gasteiger partial charge in [-0.05, 0) is 73.6 Å². The van der Waals surface area contributed by atoms with Crippen molar-refractivity contribution in [3.05, 3.63) is 34.6 Å². The maximum atomic E-state index is 13.6. The van der Waals surface area contributed by atoms with Crippen molar-refractivity contribution in [2.45, 2.75) is 105 Å². The van der Waals surface area contributed by atoms with Crippen molar-refractivity contribution in [2.75, 3.05) is 0 Å². The van der Waals surface area contributed by atoms with Crippen molar-refractivity contribution in [2.24, 2.45) is 11.3 Å². The number of carbonyl (C=O) groups is 3. The minimum atomic E-state index is -2.36. The number of carbonyl (C=O) groups excluding carboxylic acids is 3. The minimum absolute atomic E-state index is 0.0120. The van der Waals surface area contributed by atoms with Gasteiger partial charge in [-0.15, -0.1) is 0 Å². The predicted octanol–water partition coefficient (Wildman–Crippen LogP) is 4.39. The summed E-state index contributed by atoms with van der Waals surface area (Å²) in [6, 6.07) is 0. The van der Waals surface area contributed by atoms with E-state index in [9.17, 15) is 24.6 Å². The molecule has 0 aromatic heterocycles. The molecule has 1 fully saturated rings. The normalized spacial score (nSPS) is 30.5. The second-order valence-corrected chi connectivity index (χ2v) is 10.7. The lowest BCUT2D eigenvalue weighted by molar-refractivity contribution is -0.178. The zero-order valence-corrected chi connectivity index (χ0v) is 21.4. The summed E-state index contributed by atoms with van der Waals surface area (Å²) in [7, 11) is 0. The average molecular weight is 461 g/mol. The van der Waals surface area contributed by atoms with Crippen molar-refractivity contribution in [1.82, 2.24) is 0 Å². The van der Waals surface area contributed by atoms with Crippen molar-refractivity contribution in [3.8, 4) is 0 Å². The Balaban J connectivity index is 2.69.